The van der Waals surface area contributed by atoms with Crippen LogP contribution in [0.5, 0.6) is 11.5 Å². The van der Waals surface area contributed by atoms with Crippen molar-refractivity contribution in [1.29, 1.82) is 0 Å². The predicted molar refractivity (Wildman–Crippen MR) is 138 cm³/mol. The van der Waals surface area contributed by atoms with Crippen LogP contribution in [0.4, 0.5) is 21.7 Å². The fraction of sp³-hybridized carbons (Fsp3) is 0.125. The smallest absolute Gasteiger partial charge is 0.448 e. The predicted octanol–water partition coefficient (Wildman–Crippen LogP) is 3.94. The van der Waals surface area contributed by atoms with E-state index in [0.29, 0.717) is 11.1 Å². The Kier molecular flexibility index (Phi) is 7.28. The third kappa shape index (κ3) is 4.91. The van der Waals surface area contributed by atoms with Crippen LogP contribution in [0.15, 0.2) is 54.1 Å². The summed E-state index contributed by atoms with van der Waals surface area (Å²) in [6.07, 6.45) is 4.02. The van der Waals surface area contributed by atoms with Crippen molar-refractivity contribution in [1.82, 2.24) is 14.5 Å². The summed E-state index contributed by atoms with van der Waals surface area (Å²) >= 11 is 13.0. The Labute approximate surface area is 219 Å². The Morgan fingerprint density at radius 2 is 1.84 bits per heavy atom. The minimum atomic E-state index is -0.553. The van der Waals surface area contributed by atoms with Crippen molar-refractivity contribution < 1.29 is 23.2 Å². The molecular formula is C24H20Cl2FN6O4+. The largest absolute Gasteiger partial charge is 0.495 e. The molecule has 190 valence electrons. The van der Waals surface area contributed by atoms with E-state index in [4.69, 9.17) is 32.7 Å². The van der Waals surface area contributed by atoms with Gasteiger partial charge in [0.05, 0.1) is 38.8 Å². The van der Waals surface area contributed by atoms with E-state index in [1.54, 1.807) is 0 Å². The fourth-order valence-corrected chi connectivity index (χ4v) is 4.21. The lowest BCUT2D eigenvalue weighted by atomic mass is 10.2. The number of carbonyl (C=O) groups is 1. The van der Waals surface area contributed by atoms with Crippen LogP contribution in [0.2, 0.25) is 10.0 Å². The number of fused-ring (bicyclic) bond motifs is 1. The molecule has 0 radical (unpaired) electrons. The van der Waals surface area contributed by atoms with Crippen molar-refractivity contribution in [3.05, 3.63) is 75.7 Å². The third-order valence-corrected chi connectivity index (χ3v) is 6.07. The summed E-state index contributed by atoms with van der Waals surface area (Å²) in [5, 5.41) is 6.14. The Hall–Kier alpha value is -4.22. The fourth-order valence-electron chi connectivity index (χ4n) is 3.53. The van der Waals surface area contributed by atoms with E-state index in [1.165, 1.54) is 61.0 Å². The van der Waals surface area contributed by atoms with Crippen LogP contribution < -0.4 is 30.4 Å². The summed E-state index contributed by atoms with van der Waals surface area (Å²) in [5.41, 5.74) is 0.411. The number of methoxy groups -OCH3 is 2. The molecule has 0 spiro atoms. The normalized spacial score (nSPS) is 10.8. The number of hydrogen-bond donors (Lipinski definition) is 2. The van der Waals surface area contributed by atoms with Gasteiger partial charge in [0.2, 0.25) is 5.91 Å². The van der Waals surface area contributed by atoms with Crippen molar-refractivity contribution in [3.63, 3.8) is 0 Å². The zero-order valence-corrected chi connectivity index (χ0v) is 21.3. The molecule has 2 aromatic heterocycles. The summed E-state index contributed by atoms with van der Waals surface area (Å²) in [6, 6.07) is 5.28. The lowest BCUT2D eigenvalue weighted by Crippen LogP contribution is -2.52. The van der Waals surface area contributed by atoms with Crippen molar-refractivity contribution in [3.8, 4) is 17.2 Å². The molecule has 4 rings (SSSR count). The molecule has 1 amide bonds. The Bertz CT molecular complexity index is 1600. The van der Waals surface area contributed by atoms with Gasteiger partial charge in [0.15, 0.2) is 5.69 Å². The molecule has 0 aliphatic carbocycles. The second-order valence-electron chi connectivity index (χ2n) is 7.58. The monoisotopic (exact) mass is 545 g/mol. The van der Waals surface area contributed by atoms with E-state index in [1.807, 2.05) is 0 Å². The van der Waals surface area contributed by atoms with E-state index in [-0.39, 0.29) is 44.5 Å². The van der Waals surface area contributed by atoms with Crippen LogP contribution in [0, 0.1) is 5.82 Å². The molecule has 10 nitrogen and oxygen atoms in total. The quantitative estimate of drug-likeness (QED) is 0.267. The number of anilines is 3. The van der Waals surface area contributed by atoms with E-state index in [0.717, 1.165) is 12.1 Å². The van der Waals surface area contributed by atoms with Crippen molar-refractivity contribution >= 4 is 57.5 Å². The zero-order chi connectivity index (χ0) is 26.9. The maximum atomic E-state index is 13.8. The van der Waals surface area contributed by atoms with E-state index >= 15 is 0 Å². The number of amides is 1. The highest BCUT2D eigenvalue weighted by Gasteiger charge is 2.25. The molecule has 2 aromatic carbocycles. The van der Waals surface area contributed by atoms with Crippen molar-refractivity contribution in [2.75, 3.05) is 24.9 Å². The molecule has 2 N–H and O–H groups in total. The molecule has 37 heavy (non-hydrogen) atoms. The van der Waals surface area contributed by atoms with Crippen LogP contribution in [0.3, 0.4) is 0 Å². The second kappa shape index (κ2) is 10.4. The lowest BCUT2D eigenvalue weighted by Gasteiger charge is -2.14. The molecule has 0 unspecified atom stereocenters. The second-order valence-corrected chi connectivity index (χ2v) is 8.34. The van der Waals surface area contributed by atoms with Gasteiger partial charge in [-0.3, -0.25) is 4.79 Å². The van der Waals surface area contributed by atoms with Gasteiger partial charge in [-0.25, -0.2) is 14.2 Å². The van der Waals surface area contributed by atoms with Crippen molar-refractivity contribution in [2.24, 2.45) is 7.05 Å². The first-order valence-corrected chi connectivity index (χ1v) is 11.3. The number of benzene rings is 2. The van der Waals surface area contributed by atoms with Gasteiger partial charge in [-0.15, -0.1) is 0 Å². The van der Waals surface area contributed by atoms with E-state index < -0.39 is 17.4 Å². The van der Waals surface area contributed by atoms with Gasteiger partial charge in [-0.2, -0.15) is 9.13 Å². The highest BCUT2D eigenvalue weighted by Crippen LogP contribution is 2.42. The van der Waals surface area contributed by atoms with Crippen LogP contribution in [-0.4, -0.2) is 34.7 Å². The van der Waals surface area contributed by atoms with E-state index in [9.17, 15) is 14.0 Å². The molecule has 13 heteroatoms. The van der Waals surface area contributed by atoms with Crippen LogP contribution in [0.25, 0.3) is 16.7 Å². The molecule has 4 aromatic rings. The van der Waals surface area contributed by atoms with Gasteiger partial charge in [0, 0.05) is 12.3 Å². The van der Waals surface area contributed by atoms with Crippen LogP contribution in [-0.2, 0) is 11.8 Å². The van der Waals surface area contributed by atoms with Crippen LogP contribution >= 0.6 is 23.2 Å². The van der Waals surface area contributed by atoms with Gasteiger partial charge < -0.3 is 20.1 Å². The molecule has 0 aliphatic rings. The standard InChI is InChI=1S/C24H19Cl2FN6O4/c1-5-18(34)29-15-8-13(27)6-7-14(15)30-23-28-10-12-11-33(24(35)32(2)22(12)31-23)21-19(25)16(36-3)9-17(37-4)20(21)26/h5-11H,1H2,2-4H3,(H,29,34)/p+1. The maximum absolute atomic E-state index is 13.8. The third-order valence-electron chi connectivity index (χ3n) is 5.34. The Morgan fingerprint density at radius 3 is 2.46 bits per heavy atom. The summed E-state index contributed by atoms with van der Waals surface area (Å²) in [7, 11) is 4.38. The number of ether oxygens (including phenoxy) is 2. The number of nitrogens with zero attached hydrogens (tertiary/aromatic N) is 4. The number of rotatable bonds is 7. The summed E-state index contributed by atoms with van der Waals surface area (Å²) in [5.74, 6) is -0.446. The average molecular weight is 546 g/mol. The molecule has 0 atom stereocenters. The number of nitrogens with one attached hydrogen (secondary N) is 2. The number of hydrogen-bond acceptors (Lipinski definition) is 7. The summed E-state index contributed by atoms with van der Waals surface area (Å²) in [4.78, 5) is 33.8. The molecular weight excluding hydrogens is 526 g/mol. The highest BCUT2D eigenvalue weighted by molar-refractivity contribution is 6.39. The Morgan fingerprint density at radius 1 is 1.16 bits per heavy atom. The van der Waals surface area contributed by atoms with Crippen molar-refractivity contribution in [2.45, 2.75) is 0 Å². The number of aryl methyl sites for hydroxylation is 1. The Balaban J connectivity index is 1.82. The zero-order valence-electron chi connectivity index (χ0n) is 19.8. The summed E-state index contributed by atoms with van der Waals surface area (Å²) < 4.78 is 26.9. The molecule has 2 heterocycles. The van der Waals surface area contributed by atoms with Gasteiger partial charge in [0.1, 0.15) is 32.7 Å². The number of carbonyl (C=O) groups excluding carboxylic acids is 1. The maximum Gasteiger partial charge on any atom is 0.448 e. The van der Waals surface area contributed by atoms with Gasteiger partial charge >= 0.3 is 11.6 Å². The minimum absolute atomic E-state index is 0.0973. The topological polar surface area (TPSA) is 111 Å². The van der Waals surface area contributed by atoms with Gasteiger partial charge in [0.25, 0.3) is 5.65 Å². The average Bonchev–Trinajstić information content (AvgIpc) is 2.89. The molecule has 0 saturated heterocycles. The number of halogens is 3. The number of aromatic nitrogens is 4. The molecule has 0 bridgehead atoms. The molecule has 0 fully saturated rings. The van der Waals surface area contributed by atoms with E-state index in [2.05, 4.69) is 27.2 Å². The summed E-state index contributed by atoms with van der Waals surface area (Å²) in [6.45, 7) is 3.39. The SMILES string of the molecule is C=CC(=O)Nc1cc(F)ccc1Nc1ncc2cn(-c3c(Cl)c(OC)cc(OC)c3Cl)c(=O)[n+](C)c2n1. The first-order valence-electron chi connectivity index (χ1n) is 10.6. The molecule has 0 saturated carbocycles. The van der Waals surface area contributed by atoms with Gasteiger partial charge in [-0.1, -0.05) is 34.8 Å². The van der Waals surface area contributed by atoms with Crippen LogP contribution in [0.1, 0.15) is 0 Å². The van der Waals surface area contributed by atoms with Gasteiger partial charge in [-0.05, 0) is 24.3 Å². The molecule has 0 aliphatic heterocycles. The lowest BCUT2D eigenvalue weighted by molar-refractivity contribution is -0.666. The highest BCUT2D eigenvalue weighted by atomic mass is 35.5. The first kappa shape index (κ1) is 25.9. The minimum Gasteiger partial charge on any atom is -0.495 e. The first-order chi connectivity index (χ1) is 17.7.